The zero-order valence-electron chi connectivity index (χ0n) is 14.4. The van der Waals surface area contributed by atoms with Gasteiger partial charge in [-0.15, -0.1) is 0 Å². The van der Waals surface area contributed by atoms with Gasteiger partial charge in [0.15, 0.2) is 0 Å². The third kappa shape index (κ3) is 4.42. The van der Waals surface area contributed by atoms with E-state index in [1.54, 1.807) is 50.4 Å². The molecule has 0 aliphatic heterocycles. The highest BCUT2D eigenvalue weighted by Crippen LogP contribution is 2.34. The summed E-state index contributed by atoms with van der Waals surface area (Å²) in [4.78, 5) is 12.2. The molecule has 0 saturated heterocycles. The molecule has 132 valence electrons. The second kappa shape index (κ2) is 8.39. The minimum absolute atomic E-state index is 0.367. The first kappa shape index (κ1) is 18.6. The maximum absolute atomic E-state index is 12.2. The highest BCUT2D eigenvalue weighted by Gasteiger charge is 2.16. The first-order valence-electron chi connectivity index (χ1n) is 7.40. The molecule has 2 aromatic carbocycles. The van der Waals surface area contributed by atoms with Crippen LogP contribution >= 0.6 is 11.6 Å². The fourth-order valence-electron chi connectivity index (χ4n) is 2.25. The topological polar surface area (TPSA) is 69.2 Å². The molecule has 2 aromatic rings. The Bertz CT molecular complexity index is 780. The maximum Gasteiger partial charge on any atom is 0.271 e. The number of nitrogens with one attached hydrogen (secondary N) is 1. The van der Waals surface area contributed by atoms with Crippen LogP contribution in [0, 0.1) is 0 Å². The number of methoxy groups -OCH3 is 3. The zero-order valence-corrected chi connectivity index (χ0v) is 15.2. The minimum Gasteiger partial charge on any atom is -0.496 e. The summed E-state index contributed by atoms with van der Waals surface area (Å²) in [5.41, 5.74) is 4.06. The smallest absolute Gasteiger partial charge is 0.271 e. The normalized spacial score (nSPS) is 11.0. The van der Waals surface area contributed by atoms with Crippen LogP contribution in [0.4, 0.5) is 0 Å². The van der Waals surface area contributed by atoms with E-state index < -0.39 is 0 Å². The fraction of sp³-hybridized carbons (Fsp3) is 0.222. The molecule has 25 heavy (non-hydrogen) atoms. The van der Waals surface area contributed by atoms with E-state index in [1.165, 1.54) is 14.2 Å². The predicted molar refractivity (Wildman–Crippen MR) is 97.2 cm³/mol. The van der Waals surface area contributed by atoms with Crippen molar-refractivity contribution in [3.8, 4) is 17.2 Å². The summed E-state index contributed by atoms with van der Waals surface area (Å²) in [6.07, 6.45) is 0. The Morgan fingerprint density at radius 1 is 1.04 bits per heavy atom. The van der Waals surface area contributed by atoms with Crippen LogP contribution in [0.25, 0.3) is 0 Å². The van der Waals surface area contributed by atoms with Gasteiger partial charge in [-0.2, -0.15) is 5.10 Å². The molecule has 0 unspecified atom stereocenters. The van der Waals surface area contributed by atoms with Gasteiger partial charge < -0.3 is 14.2 Å². The molecule has 0 bridgehead atoms. The molecule has 0 spiro atoms. The summed E-state index contributed by atoms with van der Waals surface area (Å²) < 4.78 is 16.0. The number of nitrogens with zero attached hydrogens (tertiary/aromatic N) is 1. The van der Waals surface area contributed by atoms with Gasteiger partial charge in [-0.3, -0.25) is 4.79 Å². The Hall–Kier alpha value is -2.73. The molecule has 0 aliphatic rings. The lowest BCUT2D eigenvalue weighted by Gasteiger charge is -2.14. The van der Waals surface area contributed by atoms with Gasteiger partial charge in [0, 0.05) is 22.7 Å². The van der Waals surface area contributed by atoms with E-state index in [1.807, 2.05) is 0 Å². The number of hydrogen-bond donors (Lipinski definition) is 1. The Labute approximate surface area is 151 Å². The molecular formula is C18H19ClN2O4. The van der Waals surface area contributed by atoms with Crippen molar-refractivity contribution in [2.75, 3.05) is 21.3 Å². The number of amides is 1. The van der Waals surface area contributed by atoms with Crippen molar-refractivity contribution in [3.63, 3.8) is 0 Å². The highest BCUT2D eigenvalue weighted by molar-refractivity contribution is 6.31. The summed E-state index contributed by atoms with van der Waals surface area (Å²) in [6.45, 7) is 1.74. The second-order valence-electron chi connectivity index (χ2n) is 5.06. The highest BCUT2D eigenvalue weighted by atomic mass is 35.5. The number of ether oxygens (including phenoxy) is 3. The lowest BCUT2D eigenvalue weighted by molar-refractivity contribution is 0.0955. The van der Waals surface area contributed by atoms with Crippen LogP contribution in [0.2, 0.25) is 5.02 Å². The molecule has 2 rings (SSSR count). The van der Waals surface area contributed by atoms with Crippen molar-refractivity contribution in [1.29, 1.82) is 0 Å². The van der Waals surface area contributed by atoms with E-state index >= 15 is 0 Å². The van der Waals surface area contributed by atoms with Gasteiger partial charge in [-0.1, -0.05) is 17.7 Å². The predicted octanol–water partition coefficient (Wildman–Crippen LogP) is 3.52. The average molecular weight is 363 g/mol. The van der Waals surface area contributed by atoms with Gasteiger partial charge in [0.25, 0.3) is 5.91 Å². The van der Waals surface area contributed by atoms with Gasteiger partial charge in [-0.25, -0.2) is 5.43 Å². The summed E-state index contributed by atoms with van der Waals surface area (Å²) in [7, 11) is 4.63. The summed E-state index contributed by atoms with van der Waals surface area (Å²) in [5, 5.41) is 4.62. The van der Waals surface area contributed by atoms with Gasteiger partial charge in [0.2, 0.25) is 0 Å². The fourth-order valence-corrected chi connectivity index (χ4v) is 2.44. The van der Waals surface area contributed by atoms with Crippen molar-refractivity contribution < 1.29 is 19.0 Å². The third-order valence-corrected chi connectivity index (χ3v) is 3.72. The SMILES string of the molecule is COc1cc(OC)c(/C(C)=N/NC(=O)c2cccc(Cl)c2)c(OC)c1. The Morgan fingerprint density at radius 3 is 2.20 bits per heavy atom. The second-order valence-corrected chi connectivity index (χ2v) is 5.49. The first-order valence-corrected chi connectivity index (χ1v) is 7.78. The molecular weight excluding hydrogens is 344 g/mol. The largest absolute Gasteiger partial charge is 0.496 e. The van der Waals surface area contributed by atoms with Crippen molar-refractivity contribution in [2.45, 2.75) is 6.92 Å². The number of rotatable bonds is 6. The van der Waals surface area contributed by atoms with Crippen LogP contribution in [0.5, 0.6) is 17.2 Å². The van der Waals surface area contributed by atoms with Crippen molar-refractivity contribution in [1.82, 2.24) is 5.43 Å². The Balaban J connectivity index is 2.31. The van der Waals surface area contributed by atoms with E-state index in [2.05, 4.69) is 10.5 Å². The van der Waals surface area contributed by atoms with Gasteiger partial charge in [0.05, 0.1) is 32.6 Å². The number of carbonyl (C=O) groups is 1. The van der Waals surface area contributed by atoms with Crippen LogP contribution in [-0.2, 0) is 0 Å². The maximum atomic E-state index is 12.2. The summed E-state index contributed by atoms with van der Waals surface area (Å²) in [6, 6.07) is 10.0. The molecule has 6 nitrogen and oxygen atoms in total. The summed E-state index contributed by atoms with van der Waals surface area (Å²) >= 11 is 5.89. The van der Waals surface area contributed by atoms with Crippen molar-refractivity contribution in [2.24, 2.45) is 5.10 Å². The molecule has 0 radical (unpaired) electrons. The van der Waals surface area contributed by atoms with Gasteiger partial charge in [0.1, 0.15) is 17.2 Å². The van der Waals surface area contributed by atoms with Crippen LogP contribution in [0.1, 0.15) is 22.8 Å². The van der Waals surface area contributed by atoms with Crippen molar-refractivity contribution in [3.05, 3.63) is 52.5 Å². The first-order chi connectivity index (χ1) is 12.0. The molecule has 0 aliphatic carbocycles. The van der Waals surface area contributed by atoms with Crippen LogP contribution in [0.15, 0.2) is 41.5 Å². The lowest BCUT2D eigenvalue weighted by Crippen LogP contribution is -2.19. The molecule has 0 fully saturated rings. The molecule has 0 aromatic heterocycles. The molecule has 7 heteroatoms. The van der Waals surface area contributed by atoms with Gasteiger partial charge in [-0.05, 0) is 25.1 Å². The number of carbonyl (C=O) groups excluding carboxylic acids is 1. The van der Waals surface area contributed by atoms with E-state index in [4.69, 9.17) is 25.8 Å². The summed E-state index contributed by atoms with van der Waals surface area (Å²) in [5.74, 6) is 1.27. The molecule has 0 heterocycles. The van der Waals surface area contributed by atoms with Crippen LogP contribution in [-0.4, -0.2) is 32.9 Å². The molecule has 1 amide bonds. The molecule has 0 atom stereocenters. The average Bonchev–Trinajstić information content (AvgIpc) is 2.64. The Morgan fingerprint density at radius 2 is 1.68 bits per heavy atom. The number of hydrazone groups is 1. The van der Waals surface area contributed by atoms with Crippen LogP contribution < -0.4 is 19.6 Å². The van der Waals surface area contributed by atoms with Gasteiger partial charge >= 0.3 is 0 Å². The van der Waals surface area contributed by atoms with Crippen LogP contribution in [0.3, 0.4) is 0 Å². The van der Waals surface area contributed by atoms with E-state index in [-0.39, 0.29) is 5.91 Å². The zero-order chi connectivity index (χ0) is 18.4. The minimum atomic E-state index is -0.367. The monoisotopic (exact) mass is 362 g/mol. The number of halogens is 1. The van der Waals surface area contributed by atoms with E-state index in [0.29, 0.717) is 39.1 Å². The quantitative estimate of drug-likeness (QED) is 0.630. The number of hydrogen-bond acceptors (Lipinski definition) is 5. The van der Waals surface area contributed by atoms with Crippen molar-refractivity contribution >= 4 is 23.2 Å². The van der Waals surface area contributed by atoms with E-state index in [9.17, 15) is 4.79 Å². The van der Waals surface area contributed by atoms with E-state index in [0.717, 1.165) is 0 Å². The molecule has 0 saturated carbocycles. The standard InChI is InChI=1S/C18H19ClN2O4/c1-11(20-21-18(22)12-6-5-7-13(19)8-12)17-15(24-3)9-14(23-2)10-16(17)25-4/h5-10H,1-4H3,(H,21,22)/b20-11+. The lowest BCUT2D eigenvalue weighted by atomic mass is 10.1. The third-order valence-electron chi connectivity index (χ3n) is 3.49. The Kier molecular flexibility index (Phi) is 6.25. The number of benzene rings is 2. The molecule has 1 N–H and O–H groups in total.